The lowest BCUT2D eigenvalue weighted by Crippen LogP contribution is -2.57. The Hall–Kier alpha value is -3.89. The highest BCUT2D eigenvalue weighted by atomic mass is 35.5. The molecule has 7 rings (SSSR count). The molecular formula is C35H37ClF3N5O6S2. The van der Waals surface area contributed by atoms with Gasteiger partial charge in [0.25, 0.3) is 11.1 Å². The number of rotatable bonds is 7. The van der Waals surface area contributed by atoms with E-state index >= 15 is 0 Å². The number of hydrogen-bond donors (Lipinski definition) is 3. The van der Waals surface area contributed by atoms with E-state index < -0.39 is 74.4 Å². The first-order valence-electron chi connectivity index (χ1n) is 17.2. The summed E-state index contributed by atoms with van der Waals surface area (Å²) in [5.74, 6) is -2.47. The standard InChI is InChI=1S/C35H37ClF3N5O6S2/c36-22-11-14-26-29(16-22)51-33(41-26)50-24-17-28-30(45)42-34(32(47)43-52(48,49)25-12-13-25)18-21(34)7-4-2-1-3-5-10-27(31(46)44(28)19-24)40-23-9-6-8-20(15-23)35(37,38)39/h4,6-9,11,14-16,21,24-25,27-28,40H,1-3,5,10,12-13,17-19H2,(H,42,45)(H,43,47)/b7-4-/t21-,24+,27-,28-,34+/m0/s1. The van der Waals surface area contributed by atoms with E-state index in [0.29, 0.717) is 47.8 Å². The van der Waals surface area contributed by atoms with E-state index in [1.165, 1.54) is 28.4 Å². The van der Waals surface area contributed by atoms with Crippen LogP contribution in [0.15, 0.2) is 54.6 Å². The maximum atomic E-state index is 14.5. The van der Waals surface area contributed by atoms with Gasteiger partial charge >= 0.3 is 6.18 Å². The Morgan fingerprint density at radius 2 is 1.90 bits per heavy atom. The summed E-state index contributed by atoms with van der Waals surface area (Å²) < 4.78 is 75.4. The molecule has 4 aliphatic rings. The maximum Gasteiger partial charge on any atom is 0.416 e. The van der Waals surface area contributed by atoms with E-state index in [0.717, 1.165) is 23.3 Å². The summed E-state index contributed by atoms with van der Waals surface area (Å²) in [7, 11) is -3.92. The Balaban J connectivity index is 1.19. The number of carbonyl (C=O) groups is 3. The van der Waals surface area contributed by atoms with Gasteiger partial charge in [-0.1, -0.05) is 54.0 Å². The molecule has 52 heavy (non-hydrogen) atoms. The molecular weight excluding hydrogens is 743 g/mol. The van der Waals surface area contributed by atoms with Crippen LogP contribution < -0.4 is 20.1 Å². The van der Waals surface area contributed by atoms with Crippen LogP contribution in [0.2, 0.25) is 5.02 Å². The zero-order chi connectivity index (χ0) is 36.8. The molecule has 11 nitrogen and oxygen atoms in total. The van der Waals surface area contributed by atoms with E-state index in [2.05, 4.69) is 20.3 Å². The molecule has 2 saturated carbocycles. The van der Waals surface area contributed by atoms with Gasteiger partial charge in [-0.25, -0.2) is 13.4 Å². The minimum atomic E-state index is -4.59. The quantitative estimate of drug-likeness (QED) is 0.255. The molecule has 3 heterocycles. The fourth-order valence-corrected chi connectivity index (χ4v) is 9.43. The molecule has 2 aliphatic carbocycles. The van der Waals surface area contributed by atoms with Crippen LogP contribution in [0.1, 0.15) is 63.4 Å². The molecule has 3 N–H and O–H groups in total. The maximum absolute atomic E-state index is 14.5. The van der Waals surface area contributed by atoms with Crippen molar-refractivity contribution in [2.75, 3.05) is 11.9 Å². The third-order valence-electron chi connectivity index (χ3n) is 9.97. The normalized spacial score (nSPS) is 27.8. The van der Waals surface area contributed by atoms with Gasteiger partial charge in [0, 0.05) is 23.0 Å². The predicted molar refractivity (Wildman–Crippen MR) is 189 cm³/mol. The van der Waals surface area contributed by atoms with Crippen molar-refractivity contribution < 1.29 is 40.7 Å². The molecule has 5 atom stereocenters. The summed E-state index contributed by atoms with van der Waals surface area (Å²) in [5.41, 5.74) is -1.66. The first kappa shape index (κ1) is 36.5. The average Bonchev–Trinajstić information content (AvgIpc) is 3.98. The molecule has 278 valence electrons. The number of thiazole rings is 1. The number of amides is 3. The van der Waals surface area contributed by atoms with Crippen molar-refractivity contribution in [3.05, 3.63) is 65.2 Å². The van der Waals surface area contributed by atoms with Crippen molar-refractivity contribution in [1.82, 2.24) is 19.9 Å². The fourth-order valence-electron chi connectivity index (χ4n) is 6.90. The zero-order valence-electron chi connectivity index (χ0n) is 27.8. The van der Waals surface area contributed by atoms with Crippen LogP contribution in [0.3, 0.4) is 0 Å². The van der Waals surface area contributed by atoms with Crippen LogP contribution >= 0.6 is 22.9 Å². The lowest BCUT2D eigenvalue weighted by molar-refractivity contribution is -0.140. The number of benzene rings is 2. The van der Waals surface area contributed by atoms with Gasteiger partial charge in [-0.15, -0.1) is 0 Å². The fraction of sp³-hybridized carbons (Fsp3) is 0.486. The van der Waals surface area contributed by atoms with Gasteiger partial charge < -0.3 is 20.3 Å². The summed E-state index contributed by atoms with van der Waals surface area (Å²) in [5, 5.41) is 5.99. The van der Waals surface area contributed by atoms with Gasteiger partial charge in [-0.3, -0.25) is 19.1 Å². The van der Waals surface area contributed by atoms with E-state index in [4.69, 9.17) is 16.3 Å². The summed E-state index contributed by atoms with van der Waals surface area (Å²) in [6.45, 7) is -0.0487. The first-order chi connectivity index (χ1) is 24.7. The number of fused-ring (bicyclic) bond motifs is 3. The number of sulfonamides is 1. The van der Waals surface area contributed by atoms with Crippen LogP contribution in [0, 0.1) is 5.92 Å². The zero-order valence-corrected chi connectivity index (χ0v) is 30.2. The highest BCUT2D eigenvalue weighted by Crippen LogP contribution is 2.46. The van der Waals surface area contributed by atoms with Crippen LogP contribution in [0.4, 0.5) is 18.9 Å². The van der Waals surface area contributed by atoms with Gasteiger partial charge in [0.15, 0.2) is 0 Å². The second kappa shape index (κ2) is 14.2. The first-order valence-corrected chi connectivity index (χ1v) is 20.0. The minimum absolute atomic E-state index is 0.0170. The number of anilines is 1. The monoisotopic (exact) mass is 779 g/mol. The molecule has 3 aromatic rings. The molecule has 2 aliphatic heterocycles. The molecule has 0 unspecified atom stereocenters. The summed E-state index contributed by atoms with van der Waals surface area (Å²) in [4.78, 5) is 48.2. The van der Waals surface area contributed by atoms with Crippen LogP contribution in [0.25, 0.3) is 10.2 Å². The molecule has 3 fully saturated rings. The van der Waals surface area contributed by atoms with Gasteiger partial charge in [-0.05, 0) is 74.9 Å². The van der Waals surface area contributed by atoms with Crippen molar-refractivity contribution in [3.8, 4) is 5.19 Å². The van der Waals surface area contributed by atoms with Gasteiger partial charge in [0.2, 0.25) is 21.8 Å². The van der Waals surface area contributed by atoms with Gasteiger partial charge in [-0.2, -0.15) is 13.2 Å². The Bertz CT molecular complexity index is 2020. The Morgan fingerprint density at radius 3 is 2.67 bits per heavy atom. The van der Waals surface area contributed by atoms with Crippen molar-refractivity contribution in [1.29, 1.82) is 0 Å². The molecule has 0 radical (unpaired) electrons. The lowest BCUT2D eigenvalue weighted by Gasteiger charge is -2.30. The number of aromatic nitrogens is 1. The third kappa shape index (κ3) is 7.88. The molecule has 17 heteroatoms. The highest BCUT2D eigenvalue weighted by molar-refractivity contribution is 7.91. The Kier molecular flexibility index (Phi) is 9.93. The largest absolute Gasteiger partial charge is 0.465 e. The molecule has 1 saturated heterocycles. The van der Waals surface area contributed by atoms with Gasteiger partial charge in [0.05, 0.1) is 27.6 Å². The van der Waals surface area contributed by atoms with Crippen LogP contribution in [0.5, 0.6) is 5.19 Å². The van der Waals surface area contributed by atoms with Crippen molar-refractivity contribution >= 4 is 66.6 Å². The highest BCUT2D eigenvalue weighted by Gasteiger charge is 2.62. The average molecular weight is 780 g/mol. The molecule has 0 spiro atoms. The summed E-state index contributed by atoms with van der Waals surface area (Å²) >= 11 is 7.40. The molecule has 0 bridgehead atoms. The number of nitrogens with one attached hydrogen (secondary N) is 3. The SMILES string of the molecule is O=C1N[C@]2(C(=O)NS(=O)(=O)C3CC3)C[C@@H]2/C=C\CCCCC[C@H](Nc2cccc(C(F)(F)F)c2)C(=O)N2C[C@H](Oc3nc4ccc(Cl)cc4s3)C[C@@H]12. The van der Waals surface area contributed by atoms with Crippen LogP contribution in [-0.4, -0.2) is 71.5 Å². The summed E-state index contributed by atoms with van der Waals surface area (Å²) in [6, 6.07) is 7.65. The molecule has 3 amide bonds. The van der Waals surface area contributed by atoms with Crippen molar-refractivity contribution in [2.45, 2.75) is 92.9 Å². The number of hydrogen-bond acceptors (Lipinski definition) is 9. The van der Waals surface area contributed by atoms with Gasteiger partial charge in [0.1, 0.15) is 23.7 Å². The van der Waals surface area contributed by atoms with E-state index in [1.807, 2.05) is 12.2 Å². The summed E-state index contributed by atoms with van der Waals surface area (Å²) in [6.07, 6.45) is 2.47. The van der Waals surface area contributed by atoms with Crippen LogP contribution in [-0.2, 0) is 30.6 Å². The Morgan fingerprint density at radius 1 is 1.10 bits per heavy atom. The topological polar surface area (TPSA) is 147 Å². The van der Waals surface area contributed by atoms with E-state index in [-0.39, 0.29) is 31.5 Å². The number of alkyl halides is 3. The number of halogens is 4. The lowest BCUT2D eigenvalue weighted by atomic mass is 10.0. The smallest absolute Gasteiger partial charge is 0.416 e. The number of nitrogens with zero attached hydrogens (tertiary/aromatic N) is 2. The number of ether oxygens (including phenoxy) is 1. The number of allylic oxidation sites excluding steroid dienone is 1. The third-order valence-corrected chi connectivity index (χ3v) is 12.9. The second-order valence-corrected chi connectivity index (χ2v) is 17.3. The van der Waals surface area contributed by atoms with Crippen molar-refractivity contribution in [2.24, 2.45) is 5.92 Å². The minimum Gasteiger partial charge on any atom is -0.465 e. The predicted octanol–water partition coefficient (Wildman–Crippen LogP) is 5.80. The Labute approximate surface area is 307 Å². The number of carbonyl (C=O) groups excluding carboxylic acids is 3. The second-order valence-electron chi connectivity index (χ2n) is 13.9. The van der Waals surface area contributed by atoms with E-state index in [9.17, 15) is 36.0 Å². The molecule has 2 aromatic carbocycles. The van der Waals surface area contributed by atoms with E-state index in [1.54, 1.807) is 18.2 Å². The molecule has 1 aromatic heterocycles. The van der Waals surface area contributed by atoms with Crippen molar-refractivity contribution in [3.63, 3.8) is 0 Å².